The number of ether oxygens (including phenoxy) is 4. The fourth-order valence-electron chi connectivity index (χ4n) is 12.3. The van der Waals surface area contributed by atoms with Gasteiger partial charge in [0.15, 0.2) is 12.2 Å². The Kier molecular flexibility index (Phi) is 71.9. The van der Waals surface area contributed by atoms with Gasteiger partial charge >= 0.3 is 39.5 Å². The van der Waals surface area contributed by atoms with Crippen LogP contribution in [0.5, 0.6) is 0 Å². The van der Waals surface area contributed by atoms with Gasteiger partial charge in [-0.05, 0) is 25.7 Å². The van der Waals surface area contributed by atoms with Gasteiger partial charge in [0, 0.05) is 25.7 Å². The van der Waals surface area contributed by atoms with Crippen LogP contribution in [0.3, 0.4) is 0 Å². The van der Waals surface area contributed by atoms with Crippen LogP contribution in [0.25, 0.3) is 0 Å². The van der Waals surface area contributed by atoms with Crippen molar-refractivity contribution >= 4 is 39.5 Å². The number of aliphatic hydroxyl groups excluding tert-OH is 1. The van der Waals surface area contributed by atoms with Crippen LogP contribution in [-0.2, 0) is 65.4 Å². The maximum Gasteiger partial charge on any atom is 0.472 e. The molecule has 0 aliphatic rings. The average molecular weight is 1440 g/mol. The smallest absolute Gasteiger partial charge is 0.462 e. The van der Waals surface area contributed by atoms with E-state index in [1.54, 1.807) is 0 Å². The normalized spacial score (nSPS) is 13.8. The van der Waals surface area contributed by atoms with Gasteiger partial charge in [-0.15, -0.1) is 0 Å². The highest BCUT2D eigenvalue weighted by Gasteiger charge is 2.30. The Bertz CT molecular complexity index is 1860. The van der Waals surface area contributed by atoms with Crippen molar-refractivity contribution in [1.29, 1.82) is 0 Å². The molecule has 0 fully saturated rings. The van der Waals surface area contributed by atoms with Gasteiger partial charge in [0.1, 0.15) is 19.3 Å². The number of esters is 4. The zero-order valence-electron chi connectivity index (χ0n) is 63.8. The predicted molar refractivity (Wildman–Crippen MR) is 400 cm³/mol. The topological polar surface area (TPSA) is 237 Å². The fourth-order valence-corrected chi connectivity index (χ4v) is 13.9. The molecule has 582 valence electrons. The fraction of sp³-hybridized carbons (Fsp3) is 0.949. The zero-order valence-corrected chi connectivity index (χ0v) is 65.6. The second-order valence-corrected chi connectivity index (χ2v) is 31.4. The Balaban J connectivity index is 5.22. The van der Waals surface area contributed by atoms with Gasteiger partial charge in [0.25, 0.3) is 0 Å². The molecule has 0 saturated carbocycles. The Morgan fingerprint density at radius 3 is 0.602 bits per heavy atom. The third kappa shape index (κ3) is 72.4. The molecule has 0 spiro atoms. The molecule has 0 aromatic heterocycles. The Labute approximate surface area is 600 Å². The van der Waals surface area contributed by atoms with Gasteiger partial charge in [-0.1, -0.05) is 374 Å². The highest BCUT2D eigenvalue weighted by atomic mass is 31.2. The molecule has 19 heteroatoms. The van der Waals surface area contributed by atoms with Crippen molar-refractivity contribution in [3.05, 3.63) is 0 Å². The third-order valence-corrected chi connectivity index (χ3v) is 20.5. The van der Waals surface area contributed by atoms with E-state index < -0.39 is 97.5 Å². The summed E-state index contributed by atoms with van der Waals surface area (Å²) in [6.45, 7) is 5.01. The van der Waals surface area contributed by atoms with Crippen molar-refractivity contribution in [3.8, 4) is 0 Å². The minimum absolute atomic E-state index is 0.109. The zero-order chi connectivity index (χ0) is 71.8. The molecule has 98 heavy (non-hydrogen) atoms. The van der Waals surface area contributed by atoms with Crippen molar-refractivity contribution in [2.45, 2.75) is 444 Å². The van der Waals surface area contributed by atoms with E-state index in [1.807, 2.05) is 0 Å². The molecule has 0 rings (SSSR count). The molecule has 2 unspecified atom stereocenters. The summed E-state index contributed by atoms with van der Waals surface area (Å²) in [5, 5.41) is 10.6. The molecule has 0 saturated heterocycles. The molecule has 0 heterocycles. The quantitative estimate of drug-likeness (QED) is 0.0222. The molecule has 0 aromatic rings. The summed E-state index contributed by atoms with van der Waals surface area (Å²) in [5.74, 6) is -2.11. The largest absolute Gasteiger partial charge is 0.472 e. The van der Waals surface area contributed by atoms with Crippen LogP contribution in [-0.4, -0.2) is 96.7 Å². The second-order valence-electron chi connectivity index (χ2n) is 28.5. The van der Waals surface area contributed by atoms with E-state index in [1.165, 1.54) is 257 Å². The summed E-state index contributed by atoms with van der Waals surface area (Å²) in [5.41, 5.74) is 0. The molecule has 17 nitrogen and oxygen atoms in total. The van der Waals surface area contributed by atoms with Gasteiger partial charge in [-0.2, -0.15) is 0 Å². The molecule has 0 bridgehead atoms. The van der Waals surface area contributed by atoms with E-state index >= 15 is 0 Å². The van der Waals surface area contributed by atoms with Crippen LogP contribution in [0.4, 0.5) is 0 Å². The lowest BCUT2D eigenvalue weighted by atomic mass is 10.0. The monoisotopic (exact) mass is 1440 g/mol. The molecular weight excluding hydrogens is 1280 g/mol. The van der Waals surface area contributed by atoms with Crippen molar-refractivity contribution < 1.29 is 80.2 Å². The number of aliphatic hydroxyl groups is 1. The third-order valence-electron chi connectivity index (χ3n) is 18.6. The Morgan fingerprint density at radius 1 is 0.245 bits per heavy atom. The molecule has 3 N–H and O–H groups in total. The lowest BCUT2D eigenvalue weighted by molar-refractivity contribution is -0.161. The van der Waals surface area contributed by atoms with Crippen LogP contribution in [0, 0.1) is 0 Å². The number of phosphoric acid groups is 2. The number of hydrogen-bond donors (Lipinski definition) is 3. The first kappa shape index (κ1) is 96.1. The SMILES string of the molecule is CCCCCCCCCCCCCCCCCCCC(=O)OC[C@H](COP(=O)(O)OC[C@@H](O)COP(=O)(O)OC[C@@H](COC(=O)CCCCCCCCCCC)OC(=O)CCCCCCCCCCCCCCCCC)OC(=O)CCCCCCCCCCCCCCCCCCC. The van der Waals surface area contributed by atoms with Gasteiger partial charge in [-0.25, -0.2) is 9.13 Å². The van der Waals surface area contributed by atoms with Gasteiger partial charge in [-0.3, -0.25) is 37.3 Å². The van der Waals surface area contributed by atoms with Crippen LogP contribution in [0.15, 0.2) is 0 Å². The average Bonchev–Trinajstić information content (AvgIpc) is 1.02. The Morgan fingerprint density at radius 2 is 0.408 bits per heavy atom. The molecule has 0 aromatic carbocycles. The molecule has 0 aliphatic heterocycles. The van der Waals surface area contributed by atoms with Crippen LogP contribution in [0.1, 0.15) is 426 Å². The number of carbonyl (C=O) groups excluding carboxylic acids is 4. The number of unbranched alkanes of at least 4 members (excludes halogenated alkanes) is 54. The molecule has 0 amide bonds. The van der Waals surface area contributed by atoms with Gasteiger partial charge in [0.05, 0.1) is 26.4 Å². The minimum atomic E-state index is -4.96. The summed E-state index contributed by atoms with van der Waals surface area (Å²) in [7, 11) is -9.91. The van der Waals surface area contributed by atoms with Crippen molar-refractivity contribution in [3.63, 3.8) is 0 Å². The van der Waals surface area contributed by atoms with E-state index in [-0.39, 0.29) is 25.7 Å². The Hall–Kier alpha value is -1.94. The van der Waals surface area contributed by atoms with E-state index in [4.69, 9.17) is 37.0 Å². The second kappa shape index (κ2) is 73.4. The van der Waals surface area contributed by atoms with E-state index in [0.29, 0.717) is 25.7 Å². The number of phosphoric ester groups is 2. The number of hydrogen-bond acceptors (Lipinski definition) is 15. The molecule has 0 aliphatic carbocycles. The van der Waals surface area contributed by atoms with Gasteiger partial charge in [0.2, 0.25) is 0 Å². The minimum Gasteiger partial charge on any atom is -0.462 e. The first-order chi connectivity index (χ1) is 47.7. The van der Waals surface area contributed by atoms with Crippen molar-refractivity contribution in [2.24, 2.45) is 0 Å². The predicted octanol–water partition coefficient (Wildman–Crippen LogP) is 23.8. The van der Waals surface area contributed by atoms with E-state index in [0.717, 1.165) is 89.9 Å². The number of carbonyl (C=O) groups is 4. The summed E-state index contributed by atoms with van der Waals surface area (Å²) in [6.07, 6.45) is 65.1. The summed E-state index contributed by atoms with van der Waals surface area (Å²) < 4.78 is 68.6. The molecular formula is C79H154O17P2. The highest BCUT2D eigenvalue weighted by molar-refractivity contribution is 7.47. The van der Waals surface area contributed by atoms with Crippen LogP contribution < -0.4 is 0 Å². The van der Waals surface area contributed by atoms with Gasteiger partial charge < -0.3 is 33.8 Å². The maximum atomic E-state index is 13.1. The first-order valence-electron chi connectivity index (χ1n) is 41.3. The lowest BCUT2D eigenvalue weighted by Gasteiger charge is -2.21. The first-order valence-corrected chi connectivity index (χ1v) is 44.3. The van der Waals surface area contributed by atoms with Crippen molar-refractivity contribution in [1.82, 2.24) is 0 Å². The van der Waals surface area contributed by atoms with Crippen LogP contribution in [0.2, 0.25) is 0 Å². The van der Waals surface area contributed by atoms with Crippen molar-refractivity contribution in [2.75, 3.05) is 39.6 Å². The highest BCUT2D eigenvalue weighted by Crippen LogP contribution is 2.45. The lowest BCUT2D eigenvalue weighted by Crippen LogP contribution is -2.30. The summed E-state index contributed by atoms with van der Waals surface area (Å²) in [6, 6.07) is 0. The molecule has 0 radical (unpaired) electrons. The van der Waals surface area contributed by atoms with E-state index in [9.17, 15) is 43.2 Å². The van der Waals surface area contributed by atoms with Crippen LogP contribution >= 0.6 is 15.6 Å². The molecule has 5 atom stereocenters. The summed E-state index contributed by atoms with van der Waals surface area (Å²) >= 11 is 0. The summed E-state index contributed by atoms with van der Waals surface area (Å²) in [4.78, 5) is 72.9. The number of rotatable bonds is 80. The standard InChI is InChI=1S/C79H154O17P2/c1-5-9-13-17-21-25-28-31-34-36-39-41-44-48-52-56-60-64-77(82)90-70-75(96-79(84)66-62-58-54-50-46-43-40-37-35-32-29-26-22-18-14-10-6-2)72-94-98(87,88)92-68-73(80)67-91-97(85,86)93-71-74(69-89-76(81)63-59-55-51-47-24-20-16-12-8-4)95-78(83)65-61-57-53-49-45-42-38-33-30-27-23-19-15-11-7-3/h73-75,80H,5-72H2,1-4H3,(H,85,86)(H,87,88)/t73-,74+,75+/m0/s1. The van der Waals surface area contributed by atoms with E-state index in [2.05, 4.69) is 27.7 Å². The maximum absolute atomic E-state index is 13.1.